The van der Waals surface area contributed by atoms with E-state index in [1.54, 1.807) is 0 Å². The lowest BCUT2D eigenvalue weighted by Gasteiger charge is -2.48. The van der Waals surface area contributed by atoms with Gasteiger partial charge in [-0.1, -0.05) is 6.07 Å². The largest absolute Gasteiger partial charge is 0.355 e. The van der Waals surface area contributed by atoms with Crippen molar-refractivity contribution in [3.63, 3.8) is 0 Å². The van der Waals surface area contributed by atoms with Gasteiger partial charge in [0.2, 0.25) is 0 Å². The van der Waals surface area contributed by atoms with Gasteiger partial charge < -0.3 is 4.90 Å². The van der Waals surface area contributed by atoms with Crippen LogP contribution in [-0.4, -0.2) is 45.8 Å². The second-order valence-corrected chi connectivity index (χ2v) is 6.53. The number of aryl methyl sites for hydroxylation is 1. The molecule has 2 fully saturated rings. The predicted molar refractivity (Wildman–Crippen MR) is 82.0 cm³/mol. The third-order valence-electron chi connectivity index (χ3n) is 4.71. The van der Waals surface area contributed by atoms with E-state index >= 15 is 0 Å². The molecule has 4 heterocycles. The lowest BCUT2D eigenvalue weighted by atomic mass is 9.79. The Kier molecular flexibility index (Phi) is 2.96. The molecule has 0 N–H and O–H groups in total. The van der Waals surface area contributed by atoms with Crippen LogP contribution < -0.4 is 4.90 Å². The summed E-state index contributed by atoms with van der Waals surface area (Å²) >= 11 is 0. The SMILES string of the molecule is Cn1cc(CN2CCC3(C2)CN(c2ccccn2)C3)cn1. The Balaban J connectivity index is 1.35. The van der Waals surface area contributed by atoms with E-state index in [0.717, 1.165) is 25.5 Å². The number of rotatable bonds is 3. The minimum Gasteiger partial charge on any atom is -0.355 e. The van der Waals surface area contributed by atoms with Crippen molar-refractivity contribution in [2.24, 2.45) is 12.5 Å². The Morgan fingerprint density at radius 1 is 1.24 bits per heavy atom. The first-order chi connectivity index (χ1) is 10.2. The van der Waals surface area contributed by atoms with Gasteiger partial charge in [-0.15, -0.1) is 0 Å². The molecule has 0 aromatic carbocycles. The molecule has 21 heavy (non-hydrogen) atoms. The van der Waals surface area contributed by atoms with Gasteiger partial charge >= 0.3 is 0 Å². The Morgan fingerprint density at radius 2 is 2.14 bits per heavy atom. The zero-order chi connectivity index (χ0) is 14.3. The Bertz CT molecular complexity index is 615. The molecule has 2 aliphatic rings. The van der Waals surface area contributed by atoms with Crippen LogP contribution in [0.25, 0.3) is 0 Å². The maximum absolute atomic E-state index is 4.45. The van der Waals surface area contributed by atoms with Crippen molar-refractivity contribution >= 4 is 5.82 Å². The summed E-state index contributed by atoms with van der Waals surface area (Å²) in [5, 5.41) is 4.25. The van der Waals surface area contributed by atoms with Gasteiger partial charge in [0.25, 0.3) is 0 Å². The Labute approximate surface area is 125 Å². The lowest BCUT2D eigenvalue weighted by molar-refractivity contribution is 0.201. The molecule has 5 nitrogen and oxygen atoms in total. The Hall–Kier alpha value is -1.88. The van der Waals surface area contributed by atoms with Crippen molar-refractivity contribution in [2.45, 2.75) is 13.0 Å². The molecule has 4 rings (SSSR count). The number of hydrogen-bond acceptors (Lipinski definition) is 4. The number of hydrogen-bond donors (Lipinski definition) is 0. The molecule has 0 radical (unpaired) electrons. The summed E-state index contributed by atoms with van der Waals surface area (Å²) in [5.41, 5.74) is 1.80. The molecule has 0 bridgehead atoms. The monoisotopic (exact) mass is 283 g/mol. The summed E-state index contributed by atoms with van der Waals surface area (Å²) in [6.45, 7) is 5.72. The normalized spacial score (nSPS) is 20.9. The van der Waals surface area contributed by atoms with Crippen LogP contribution in [-0.2, 0) is 13.6 Å². The quantitative estimate of drug-likeness (QED) is 0.856. The number of aromatic nitrogens is 3. The molecule has 1 spiro atoms. The van der Waals surface area contributed by atoms with Gasteiger partial charge in [-0.25, -0.2) is 4.98 Å². The topological polar surface area (TPSA) is 37.2 Å². The van der Waals surface area contributed by atoms with E-state index in [2.05, 4.69) is 38.2 Å². The van der Waals surface area contributed by atoms with Gasteiger partial charge in [0.15, 0.2) is 0 Å². The fraction of sp³-hybridized carbons (Fsp3) is 0.500. The van der Waals surface area contributed by atoms with Crippen LogP contribution in [0.1, 0.15) is 12.0 Å². The van der Waals surface area contributed by atoms with Crippen LogP contribution in [0, 0.1) is 5.41 Å². The average Bonchev–Trinajstić information content (AvgIpc) is 3.05. The van der Waals surface area contributed by atoms with E-state index in [-0.39, 0.29) is 0 Å². The van der Waals surface area contributed by atoms with Gasteiger partial charge in [0.1, 0.15) is 5.82 Å². The predicted octanol–water partition coefficient (Wildman–Crippen LogP) is 1.53. The molecule has 0 amide bonds. The van der Waals surface area contributed by atoms with Gasteiger partial charge in [0.05, 0.1) is 6.20 Å². The highest BCUT2D eigenvalue weighted by atomic mass is 15.3. The van der Waals surface area contributed by atoms with E-state index in [0.29, 0.717) is 5.41 Å². The van der Waals surface area contributed by atoms with Crippen molar-refractivity contribution in [1.82, 2.24) is 19.7 Å². The third kappa shape index (κ3) is 2.42. The Morgan fingerprint density at radius 3 is 2.86 bits per heavy atom. The molecule has 0 unspecified atom stereocenters. The van der Waals surface area contributed by atoms with E-state index < -0.39 is 0 Å². The second-order valence-electron chi connectivity index (χ2n) is 6.53. The highest BCUT2D eigenvalue weighted by molar-refractivity contribution is 5.43. The maximum atomic E-state index is 4.45. The molecule has 0 atom stereocenters. The molecule has 5 heteroatoms. The first-order valence-electron chi connectivity index (χ1n) is 7.58. The maximum Gasteiger partial charge on any atom is 0.128 e. The summed E-state index contributed by atoms with van der Waals surface area (Å²) in [5.74, 6) is 1.12. The number of pyridine rings is 1. The third-order valence-corrected chi connectivity index (χ3v) is 4.71. The fourth-order valence-electron chi connectivity index (χ4n) is 3.70. The zero-order valence-corrected chi connectivity index (χ0v) is 12.4. The first kappa shape index (κ1) is 12.8. The van der Waals surface area contributed by atoms with E-state index in [9.17, 15) is 0 Å². The lowest BCUT2D eigenvalue weighted by Crippen LogP contribution is -2.58. The highest BCUT2D eigenvalue weighted by Gasteiger charge is 2.47. The van der Waals surface area contributed by atoms with Crippen molar-refractivity contribution in [1.29, 1.82) is 0 Å². The van der Waals surface area contributed by atoms with Crippen LogP contribution in [0.4, 0.5) is 5.82 Å². The molecule has 0 saturated carbocycles. The molecule has 2 aliphatic heterocycles. The minimum absolute atomic E-state index is 0.486. The van der Waals surface area contributed by atoms with E-state index in [1.165, 1.54) is 25.1 Å². The minimum atomic E-state index is 0.486. The number of anilines is 1. The van der Waals surface area contributed by atoms with Crippen LogP contribution in [0.5, 0.6) is 0 Å². The smallest absolute Gasteiger partial charge is 0.128 e. The summed E-state index contributed by atoms with van der Waals surface area (Å²) in [7, 11) is 1.98. The molecular weight excluding hydrogens is 262 g/mol. The summed E-state index contributed by atoms with van der Waals surface area (Å²) in [6, 6.07) is 6.15. The second kappa shape index (κ2) is 4.84. The standard InChI is InChI=1S/C16H21N5/c1-19-9-14(8-18-19)10-20-7-5-16(11-20)12-21(13-16)15-4-2-3-6-17-15/h2-4,6,8-9H,5,7,10-13H2,1H3. The van der Waals surface area contributed by atoms with Crippen LogP contribution in [0.2, 0.25) is 0 Å². The number of nitrogens with zero attached hydrogens (tertiary/aromatic N) is 5. The van der Waals surface area contributed by atoms with Crippen molar-refractivity contribution in [3.8, 4) is 0 Å². The molecular formula is C16H21N5. The van der Waals surface area contributed by atoms with Crippen LogP contribution in [0.3, 0.4) is 0 Å². The first-order valence-corrected chi connectivity index (χ1v) is 7.58. The summed E-state index contributed by atoms with van der Waals surface area (Å²) in [4.78, 5) is 9.40. The summed E-state index contributed by atoms with van der Waals surface area (Å²) in [6.07, 6.45) is 7.28. The summed E-state index contributed by atoms with van der Waals surface area (Å²) < 4.78 is 1.88. The van der Waals surface area contributed by atoms with E-state index in [1.807, 2.05) is 30.2 Å². The van der Waals surface area contributed by atoms with Crippen LogP contribution >= 0.6 is 0 Å². The highest BCUT2D eigenvalue weighted by Crippen LogP contribution is 2.41. The fourth-order valence-corrected chi connectivity index (χ4v) is 3.70. The molecule has 2 aromatic heterocycles. The van der Waals surface area contributed by atoms with E-state index in [4.69, 9.17) is 0 Å². The van der Waals surface area contributed by atoms with Crippen molar-refractivity contribution < 1.29 is 0 Å². The van der Waals surface area contributed by atoms with Crippen molar-refractivity contribution in [3.05, 3.63) is 42.4 Å². The average molecular weight is 283 g/mol. The molecule has 2 saturated heterocycles. The molecule has 2 aromatic rings. The molecule has 0 aliphatic carbocycles. The van der Waals surface area contributed by atoms with Crippen LogP contribution in [0.15, 0.2) is 36.8 Å². The number of likely N-dealkylation sites (tertiary alicyclic amines) is 1. The van der Waals surface area contributed by atoms with Gasteiger partial charge in [0, 0.05) is 56.6 Å². The zero-order valence-electron chi connectivity index (χ0n) is 12.4. The van der Waals surface area contributed by atoms with Gasteiger partial charge in [-0.05, 0) is 25.1 Å². The van der Waals surface area contributed by atoms with Crippen molar-refractivity contribution in [2.75, 3.05) is 31.1 Å². The van der Waals surface area contributed by atoms with Gasteiger partial charge in [-0.2, -0.15) is 5.10 Å². The van der Waals surface area contributed by atoms with Gasteiger partial charge in [-0.3, -0.25) is 9.58 Å². The molecule has 110 valence electrons.